The van der Waals surface area contributed by atoms with Crippen molar-refractivity contribution in [2.24, 2.45) is 13.0 Å². The minimum absolute atomic E-state index is 0.140. The summed E-state index contributed by atoms with van der Waals surface area (Å²) in [4.78, 5) is 32.1. The van der Waals surface area contributed by atoms with Gasteiger partial charge in [0.25, 0.3) is 0 Å². The second-order valence-corrected chi connectivity index (χ2v) is 8.66. The van der Waals surface area contributed by atoms with E-state index >= 15 is 0 Å². The van der Waals surface area contributed by atoms with Crippen LogP contribution in [-0.4, -0.2) is 44.6 Å². The smallest absolute Gasteiger partial charge is 0.313 e. The summed E-state index contributed by atoms with van der Waals surface area (Å²) < 4.78 is 7.21. The Morgan fingerprint density at radius 2 is 2.09 bits per heavy atom. The first-order valence-electron chi connectivity index (χ1n) is 10.9. The highest BCUT2D eigenvalue weighted by molar-refractivity contribution is 6.40. The molecular weight excluding hydrogens is 408 g/mol. The van der Waals surface area contributed by atoms with Crippen LogP contribution in [0.2, 0.25) is 0 Å². The number of amides is 2. The normalized spacial score (nSPS) is 20.1. The fourth-order valence-electron chi connectivity index (χ4n) is 4.75. The third-order valence-corrected chi connectivity index (χ3v) is 6.42. The molecule has 2 amide bonds. The molecule has 2 aromatic heterocycles. The standard InChI is InChI=1S/C23H26N6O3/c1-13-3-5-18(14-4-6-19-15(9-14)7-8-32-19)29(12-13)23(31)22(30)27-17-11-25-21(24)20-16(17)10-26-28(20)2/h4,6,9-11,13,18H,3,5,7-8,12H2,1-2H3,(H2,24,25)(H,27,30)/t13-,18+/m0/s1. The maximum absolute atomic E-state index is 13.3. The van der Waals surface area contributed by atoms with Gasteiger partial charge in [0.15, 0.2) is 0 Å². The molecule has 0 unspecified atom stereocenters. The van der Waals surface area contributed by atoms with Crippen molar-refractivity contribution in [2.45, 2.75) is 32.2 Å². The maximum atomic E-state index is 13.3. The van der Waals surface area contributed by atoms with Crippen molar-refractivity contribution in [3.63, 3.8) is 0 Å². The molecule has 3 N–H and O–H groups in total. The van der Waals surface area contributed by atoms with E-state index in [-0.39, 0.29) is 6.04 Å². The van der Waals surface area contributed by atoms with E-state index < -0.39 is 11.8 Å². The number of aromatic nitrogens is 3. The van der Waals surface area contributed by atoms with Crippen LogP contribution < -0.4 is 15.8 Å². The molecule has 0 bridgehead atoms. The highest BCUT2D eigenvalue weighted by Crippen LogP contribution is 2.36. The molecule has 0 saturated carbocycles. The zero-order valence-corrected chi connectivity index (χ0v) is 18.2. The van der Waals surface area contributed by atoms with Gasteiger partial charge in [-0.25, -0.2) is 4.98 Å². The van der Waals surface area contributed by atoms with E-state index in [0.717, 1.165) is 36.1 Å². The summed E-state index contributed by atoms with van der Waals surface area (Å²) in [6, 6.07) is 5.95. The van der Waals surface area contributed by atoms with E-state index in [1.54, 1.807) is 22.8 Å². The van der Waals surface area contributed by atoms with Crippen molar-refractivity contribution in [1.82, 2.24) is 19.7 Å². The summed E-state index contributed by atoms with van der Waals surface area (Å²) >= 11 is 0. The zero-order chi connectivity index (χ0) is 22.4. The third-order valence-electron chi connectivity index (χ3n) is 6.42. The number of carbonyl (C=O) groups excluding carboxylic acids is 2. The average molecular weight is 435 g/mol. The van der Waals surface area contributed by atoms with E-state index in [9.17, 15) is 9.59 Å². The van der Waals surface area contributed by atoms with Crippen LogP contribution in [0, 0.1) is 5.92 Å². The first kappa shape index (κ1) is 20.3. The lowest BCUT2D eigenvalue weighted by Gasteiger charge is -2.38. The number of hydrogen-bond donors (Lipinski definition) is 2. The van der Waals surface area contributed by atoms with Gasteiger partial charge >= 0.3 is 11.8 Å². The number of nitrogen functional groups attached to an aromatic ring is 1. The summed E-state index contributed by atoms with van der Waals surface area (Å²) in [6.45, 7) is 3.32. The lowest BCUT2D eigenvalue weighted by molar-refractivity contribution is -0.146. The molecular formula is C23H26N6O3. The quantitative estimate of drug-likeness (QED) is 0.599. The molecule has 32 heavy (non-hydrogen) atoms. The fraction of sp³-hybridized carbons (Fsp3) is 0.391. The predicted octanol–water partition coefficient (Wildman–Crippen LogP) is 2.42. The van der Waals surface area contributed by atoms with Gasteiger partial charge in [0, 0.05) is 25.4 Å². The average Bonchev–Trinajstić information content (AvgIpc) is 3.41. The van der Waals surface area contributed by atoms with Crippen molar-refractivity contribution >= 4 is 34.2 Å². The minimum Gasteiger partial charge on any atom is -0.493 e. The Kier molecular flexibility index (Phi) is 4.96. The van der Waals surface area contributed by atoms with Crippen molar-refractivity contribution in [2.75, 3.05) is 24.2 Å². The molecule has 2 atom stereocenters. The number of hydrogen-bond acceptors (Lipinski definition) is 6. The van der Waals surface area contributed by atoms with Crippen molar-refractivity contribution < 1.29 is 14.3 Å². The SMILES string of the molecule is C[C@H]1CC[C@H](c2ccc3c(c2)CCO3)N(C(=O)C(=O)Nc2cnc(N)c3c2cnn3C)C1. The topological polar surface area (TPSA) is 115 Å². The molecule has 1 saturated heterocycles. The van der Waals surface area contributed by atoms with Crippen LogP contribution >= 0.6 is 0 Å². The Morgan fingerprint density at radius 1 is 1.25 bits per heavy atom. The second kappa shape index (κ2) is 7.81. The van der Waals surface area contributed by atoms with Gasteiger partial charge in [0.1, 0.15) is 17.1 Å². The summed E-state index contributed by atoms with van der Waals surface area (Å²) in [7, 11) is 1.75. The predicted molar refractivity (Wildman–Crippen MR) is 120 cm³/mol. The number of aryl methyl sites for hydroxylation is 1. The minimum atomic E-state index is -0.690. The number of fused-ring (bicyclic) bond motifs is 2. The van der Waals surface area contributed by atoms with E-state index in [2.05, 4.69) is 28.4 Å². The summed E-state index contributed by atoms with van der Waals surface area (Å²) in [5.74, 6) is 0.307. The molecule has 4 heterocycles. The molecule has 3 aromatic rings. The molecule has 166 valence electrons. The molecule has 0 aliphatic carbocycles. The summed E-state index contributed by atoms with van der Waals surface area (Å²) in [5, 5.41) is 7.56. The van der Waals surface area contributed by atoms with Gasteiger partial charge in [-0.3, -0.25) is 14.3 Å². The summed E-state index contributed by atoms with van der Waals surface area (Å²) in [6.07, 6.45) is 5.75. The molecule has 0 spiro atoms. The van der Waals surface area contributed by atoms with Crippen LogP contribution in [0.5, 0.6) is 5.75 Å². The zero-order valence-electron chi connectivity index (χ0n) is 18.2. The number of piperidine rings is 1. The van der Waals surface area contributed by atoms with E-state index in [4.69, 9.17) is 10.5 Å². The number of carbonyl (C=O) groups is 2. The van der Waals surface area contributed by atoms with E-state index in [1.165, 1.54) is 6.20 Å². The molecule has 2 aliphatic heterocycles. The highest BCUT2D eigenvalue weighted by Gasteiger charge is 2.35. The number of ether oxygens (including phenoxy) is 1. The Labute approximate surface area is 185 Å². The Morgan fingerprint density at radius 3 is 2.94 bits per heavy atom. The molecule has 9 nitrogen and oxygen atoms in total. The van der Waals surface area contributed by atoms with Gasteiger partial charge in [-0.15, -0.1) is 0 Å². The number of nitrogens with zero attached hydrogens (tertiary/aromatic N) is 4. The van der Waals surface area contributed by atoms with Crippen LogP contribution in [0.25, 0.3) is 10.9 Å². The van der Waals surface area contributed by atoms with Gasteiger partial charge in [0.2, 0.25) is 0 Å². The number of nitrogens with two attached hydrogens (primary N) is 1. The first-order chi connectivity index (χ1) is 15.4. The highest BCUT2D eigenvalue weighted by atomic mass is 16.5. The third kappa shape index (κ3) is 3.43. The lowest BCUT2D eigenvalue weighted by atomic mass is 9.89. The van der Waals surface area contributed by atoms with Gasteiger partial charge < -0.3 is 20.7 Å². The molecule has 1 aromatic carbocycles. The van der Waals surface area contributed by atoms with Crippen molar-refractivity contribution in [3.8, 4) is 5.75 Å². The largest absolute Gasteiger partial charge is 0.493 e. The molecule has 1 fully saturated rings. The number of likely N-dealkylation sites (tertiary alicyclic amines) is 1. The van der Waals surface area contributed by atoms with Crippen LogP contribution in [0.15, 0.2) is 30.6 Å². The maximum Gasteiger partial charge on any atom is 0.313 e. The Balaban J connectivity index is 1.41. The van der Waals surface area contributed by atoms with Crippen LogP contribution in [0.4, 0.5) is 11.5 Å². The first-order valence-corrected chi connectivity index (χ1v) is 10.9. The van der Waals surface area contributed by atoms with Crippen LogP contribution in [0.1, 0.15) is 36.9 Å². The Bertz CT molecular complexity index is 1220. The lowest BCUT2D eigenvalue weighted by Crippen LogP contribution is -2.46. The number of rotatable bonds is 2. The molecule has 5 rings (SSSR count). The van der Waals surface area contributed by atoms with Crippen LogP contribution in [0.3, 0.4) is 0 Å². The van der Waals surface area contributed by atoms with Gasteiger partial charge in [-0.05, 0) is 42.0 Å². The van der Waals surface area contributed by atoms with E-state index in [0.29, 0.717) is 41.5 Å². The number of pyridine rings is 1. The van der Waals surface area contributed by atoms with Gasteiger partial charge in [-0.1, -0.05) is 13.0 Å². The van der Waals surface area contributed by atoms with Gasteiger partial charge in [-0.2, -0.15) is 5.10 Å². The monoisotopic (exact) mass is 434 g/mol. The molecule has 0 radical (unpaired) electrons. The number of anilines is 2. The van der Waals surface area contributed by atoms with Crippen LogP contribution in [-0.2, 0) is 23.1 Å². The number of benzene rings is 1. The fourth-order valence-corrected chi connectivity index (χ4v) is 4.75. The molecule has 9 heteroatoms. The molecule has 2 aliphatic rings. The second-order valence-electron chi connectivity index (χ2n) is 8.66. The van der Waals surface area contributed by atoms with Crippen molar-refractivity contribution in [1.29, 1.82) is 0 Å². The van der Waals surface area contributed by atoms with E-state index in [1.807, 2.05) is 12.1 Å². The number of nitrogens with one attached hydrogen (secondary N) is 1. The van der Waals surface area contributed by atoms with Gasteiger partial charge in [0.05, 0.1) is 30.7 Å². The Hall–Kier alpha value is -3.62. The van der Waals surface area contributed by atoms with Crippen molar-refractivity contribution in [3.05, 3.63) is 41.7 Å². The summed E-state index contributed by atoms with van der Waals surface area (Å²) in [5.41, 5.74) is 9.18.